The minimum absolute atomic E-state index is 0.0960. The normalized spacial score (nSPS) is 15.0. The predicted octanol–water partition coefficient (Wildman–Crippen LogP) is 1.88. The molecule has 0 atom stereocenters. The molecule has 0 saturated carbocycles. The summed E-state index contributed by atoms with van der Waals surface area (Å²) in [5, 5.41) is 3.87. The van der Waals surface area contributed by atoms with Crippen LogP contribution in [0.3, 0.4) is 0 Å². The van der Waals surface area contributed by atoms with Gasteiger partial charge >= 0.3 is 0 Å². The molecule has 0 unspecified atom stereocenters. The molecule has 1 aliphatic heterocycles. The highest BCUT2D eigenvalue weighted by Gasteiger charge is 2.20. The Morgan fingerprint density at radius 1 is 1.19 bits per heavy atom. The molecule has 2 rings (SSSR count). The van der Waals surface area contributed by atoms with E-state index in [4.69, 9.17) is 4.74 Å². The Bertz CT molecular complexity index is 597. The van der Waals surface area contributed by atoms with E-state index in [0.717, 1.165) is 13.1 Å². The number of hydrogen-bond donors (Lipinski definition) is 1. The molecule has 0 aliphatic carbocycles. The van der Waals surface area contributed by atoms with Crippen molar-refractivity contribution in [2.24, 2.45) is 0 Å². The fourth-order valence-electron chi connectivity index (χ4n) is 2.50. The van der Waals surface area contributed by atoms with Gasteiger partial charge in [0.2, 0.25) is 17.8 Å². The molecule has 1 saturated heterocycles. The van der Waals surface area contributed by atoms with Crippen molar-refractivity contribution in [1.29, 1.82) is 0 Å². The Balaban J connectivity index is 2.17. The summed E-state index contributed by atoms with van der Waals surface area (Å²) >= 11 is 1.35. The number of thioether (sulfide) groups is 1. The topological polar surface area (TPSA) is 83.5 Å². The van der Waals surface area contributed by atoms with Gasteiger partial charge in [-0.05, 0) is 34.6 Å². The molecule has 1 aromatic rings. The van der Waals surface area contributed by atoms with Gasteiger partial charge in [0.05, 0.1) is 19.0 Å². The first-order chi connectivity index (χ1) is 12.3. The summed E-state index contributed by atoms with van der Waals surface area (Å²) in [7, 11) is 0. The Hall–Kier alpha value is -1.61. The van der Waals surface area contributed by atoms with Crippen molar-refractivity contribution < 1.29 is 9.53 Å². The van der Waals surface area contributed by atoms with E-state index in [-0.39, 0.29) is 11.4 Å². The van der Waals surface area contributed by atoms with Crippen molar-refractivity contribution in [3.05, 3.63) is 0 Å². The molecule has 9 heteroatoms. The Kier molecular flexibility index (Phi) is 7.45. The van der Waals surface area contributed by atoms with Crippen LogP contribution in [0.2, 0.25) is 0 Å². The number of carbonyl (C=O) groups excluding carboxylic acids is 1. The summed E-state index contributed by atoms with van der Waals surface area (Å²) in [6.07, 6.45) is 0. The van der Waals surface area contributed by atoms with Crippen molar-refractivity contribution in [3.8, 4) is 0 Å². The monoisotopic (exact) mass is 382 g/mol. The third-order valence-corrected chi connectivity index (χ3v) is 4.66. The predicted molar refractivity (Wildman–Crippen MR) is 105 cm³/mol. The van der Waals surface area contributed by atoms with Crippen LogP contribution in [0.5, 0.6) is 0 Å². The Morgan fingerprint density at radius 3 is 2.42 bits per heavy atom. The smallest absolute Gasteiger partial charge is 0.233 e. The van der Waals surface area contributed by atoms with Gasteiger partial charge in [-0.2, -0.15) is 15.0 Å². The minimum atomic E-state index is -0.164. The van der Waals surface area contributed by atoms with E-state index in [1.54, 1.807) is 0 Å². The lowest BCUT2D eigenvalue weighted by Gasteiger charge is -2.28. The zero-order valence-electron chi connectivity index (χ0n) is 16.4. The zero-order valence-corrected chi connectivity index (χ0v) is 17.2. The van der Waals surface area contributed by atoms with E-state index in [1.165, 1.54) is 11.8 Å². The number of amides is 1. The van der Waals surface area contributed by atoms with Crippen molar-refractivity contribution in [3.63, 3.8) is 0 Å². The average molecular weight is 383 g/mol. The number of rotatable bonds is 7. The van der Waals surface area contributed by atoms with Gasteiger partial charge in [-0.3, -0.25) is 4.79 Å². The van der Waals surface area contributed by atoms with Crippen molar-refractivity contribution in [2.75, 3.05) is 55.4 Å². The molecule has 1 fully saturated rings. The van der Waals surface area contributed by atoms with E-state index in [2.05, 4.69) is 45.9 Å². The number of nitrogens with one attached hydrogen (secondary N) is 1. The molecule has 1 amide bonds. The van der Waals surface area contributed by atoms with Crippen molar-refractivity contribution in [1.82, 2.24) is 19.9 Å². The summed E-state index contributed by atoms with van der Waals surface area (Å²) in [5.41, 5.74) is -0.164. The third kappa shape index (κ3) is 6.28. The molecule has 0 bridgehead atoms. The van der Waals surface area contributed by atoms with E-state index in [0.29, 0.717) is 49.1 Å². The maximum absolute atomic E-state index is 12.3. The van der Waals surface area contributed by atoms with Crippen LogP contribution < -0.4 is 10.2 Å². The molecule has 0 spiro atoms. The number of morpholine rings is 1. The summed E-state index contributed by atoms with van der Waals surface area (Å²) in [4.78, 5) is 29.8. The van der Waals surface area contributed by atoms with E-state index < -0.39 is 0 Å². The first kappa shape index (κ1) is 20.7. The number of nitrogens with zero attached hydrogens (tertiary/aromatic N) is 5. The van der Waals surface area contributed by atoms with Crippen LogP contribution >= 0.6 is 11.8 Å². The van der Waals surface area contributed by atoms with Crippen LogP contribution in [-0.4, -0.2) is 76.4 Å². The number of ether oxygens (including phenoxy) is 1. The summed E-state index contributed by atoms with van der Waals surface area (Å²) in [6, 6.07) is 0. The van der Waals surface area contributed by atoms with Crippen LogP contribution in [0.15, 0.2) is 5.16 Å². The lowest BCUT2D eigenvalue weighted by atomic mass is 10.1. The first-order valence-corrected chi connectivity index (χ1v) is 10.1. The van der Waals surface area contributed by atoms with Crippen LogP contribution in [0.25, 0.3) is 0 Å². The van der Waals surface area contributed by atoms with E-state index in [1.807, 2.05) is 18.7 Å². The van der Waals surface area contributed by atoms with Gasteiger partial charge in [-0.25, -0.2) is 0 Å². The minimum Gasteiger partial charge on any atom is -0.378 e. The summed E-state index contributed by atoms with van der Waals surface area (Å²) in [5.74, 6) is 1.58. The second-order valence-electron chi connectivity index (χ2n) is 7.07. The number of anilines is 2. The number of carbonyl (C=O) groups is 1. The Labute approximate surface area is 160 Å². The fourth-order valence-corrected chi connectivity index (χ4v) is 3.23. The van der Waals surface area contributed by atoms with Gasteiger partial charge in [0.25, 0.3) is 0 Å². The Morgan fingerprint density at radius 2 is 1.85 bits per heavy atom. The highest BCUT2D eigenvalue weighted by atomic mass is 32.2. The molecule has 2 heterocycles. The van der Waals surface area contributed by atoms with Crippen LogP contribution in [0.1, 0.15) is 34.6 Å². The van der Waals surface area contributed by atoms with Gasteiger partial charge in [0.1, 0.15) is 0 Å². The molecule has 1 aromatic heterocycles. The summed E-state index contributed by atoms with van der Waals surface area (Å²) in [6.45, 7) is 14.4. The first-order valence-electron chi connectivity index (χ1n) is 9.10. The largest absolute Gasteiger partial charge is 0.378 e. The van der Waals surface area contributed by atoms with Gasteiger partial charge in [0.15, 0.2) is 5.16 Å². The molecule has 0 radical (unpaired) electrons. The molecular weight excluding hydrogens is 352 g/mol. The second-order valence-corrected chi connectivity index (χ2v) is 8.01. The van der Waals surface area contributed by atoms with Gasteiger partial charge in [0, 0.05) is 31.7 Å². The summed E-state index contributed by atoms with van der Waals surface area (Å²) < 4.78 is 5.41. The SMILES string of the molecule is CCN(CC)C(=O)CSc1nc(NC(C)(C)C)nc(N2CCOCC2)n1. The number of hydrogen-bond acceptors (Lipinski definition) is 8. The van der Waals surface area contributed by atoms with Crippen LogP contribution in [0.4, 0.5) is 11.9 Å². The lowest BCUT2D eigenvalue weighted by molar-refractivity contribution is -0.127. The van der Waals surface area contributed by atoms with Crippen molar-refractivity contribution >= 4 is 29.6 Å². The molecule has 1 N–H and O–H groups in total. The van der Waals surface area contributed by atoms with Gasteiger partial charge in [-0.1, -0.05) is 11.8 Å². The standard InChI is InChI=1S/C17H30N6O2S/c1-6-22(7-2)13(24)12-26-16-19-14(21-17(3,4)5)18-15(20-16)23-8-10-25-11-9-23/h6-12H2,1-5H3,(H,18,19,20,21). The maximum Gasteiger partial charge on any atom is 0.233 e. The zero-order chi connectivity index (χ0) is 19.2. The van der Waals surface area contributed by atoms with Crippen LogP contribution in [0, 0.1) is 0 Å². The van der Waals surface area contributed by atoms with E-state index in [9.17, 15) is 4.79 Å². The third-order valence-electron chi connectivity index (χ3n) is 3.82. The second kappa shape index (κ2) is 9.36. The van der Waals surface area contributed by atoms with Crippen molar-refractivity contribution in [2.45, 2.75) is 45.3 Å². The molecule has 26 heavy (non-hydrogen) atoms. The average Bonchev–Trinajstić information content (AvgIpc) is 2.60. The van der Waals surface area contributed by atoms with Gasteiger partial charge < -0.3 is 19.9 Å². The molecule has 146 valence electrons. The highest BCUT2D eigenvalue weighted by Crippen LogP contribution is 2.21. The highest BCUT2D eigenvalue weighted by molar-refractivity contribution is 7.99. The fraction of sp³-hybridized carbons (Fsp3) is 0.765. The molecule has 1 aliphatic rings. The maximum atomic E-state index is 12.3. The van der Waals surface area contributed by atoms with E-state index >= 15 is 0 Å². The molecule has 8 nitrogen and oxygen atoms in total. The quantitative estimate of drug-likeness (QED) is 0.716. The lowest BCUT2D eigenvalue weighted by Crippen LogP contribution is -2.38. The van der Waals surface area contributed by atoms with Gasteiger partial charge in [-0.15, -0.1) is 0 Å². The molecule has 0 aromatic carbocycles. The molecular formula is C17H30N6O2S. The van der Waals surface area contributed by atoms with Crippen LogP contribution in [-0.2, 0) is 9.53 Å². The number of aromatic nitrogens is 3.